The molecule has 3 aromatic rings. The van der Waals surface area contributed by atoms with E-state index in [0.717, 1.165) is 61.3 Å². The predicted molar refractivity (Wildman–Crippen MR) is 96.1 cm³/mol. The Morgan fingerprint density at radius 2 is 2.16 bits per heavy atom. The Kier molecular flexibility index (Phi) is 4.76. The second-order valence-corrected chi connectivity index (χ2v) is 6.96. The first kappa shape index (κ1) is 16.2. The van der Waals surface area contributed by atoms with E-state index in [-0.39, 0.29) is 5.82 Å². The fourth-order valence-corrected chi connectivity index (χ4v) is 3.86. The van der Waals surface area contributed by atoms with E-state index < -0.39 is 0 Å². The van der Waals surface area contributed by atoms with Crippen LogP contribution in [0.15, 0.2) is 46.7 Å². The molecule has 1 saturated heterocycles. The minimum atomic E-state index is -0.286. The van der Waals surface area contributed by atoms with Crippen LogP contribution < -0.4 is 4.90 Å². The summed E-state index contributed by atoms with van der Waals surface area (Å²) in [5, 5.41) is 3.01. The summed E-state index contributed by atoms with van der Waals surface area (Å²) in [4.78, 5) is 13.2. The summed E-state index contributed by atoms with van der Waals surface area (Å²) in [6.07, 6.45) is 5.67. The highest BCUT2D eigenvalue weighted by atomic mass is 32.1. The van der Waals surface area contributed by atoms with Crippen LogP contribution in [0.25, 0.3) is 10.8 Å². The Bertz CT molecular complexity index is 820. The fourth-order valence-electron chi connectivity index (χ4n) is 3.08. The molecule has 0 unspecified atom stereocenters. The van der Waals surface area contributed by atoms with Gasteiger partial charge in [-0.25, -0.2) is 9.37 Å². The van der Waals surface area contributed by atoms with Gasteiger partial charge in [-0.3, -0.25) is 9.88 Å². The van der Waals surface area contributed by atoms with Crippen LogP contribution in [0.4, 0.5) is 10.1 Å². The normalized spacial score (nSPS) is 16.1. The molecule has 1 fully saturated rings. The summed E-state index contributed by atoms with van der Waals surface area (Å²) in [7, 11) is 0. The largest absolute Gasteiger partial charge is 0.462 e. The van der Waals surface area contributed by atoms with Crippen LogP contribution in [0, 0.1) is 5.82 Å². The number of furan rings is 1. The molecule has 4 heterocycles. The molecule has 0 aliphatic carbocycles. The standard InChI is InChI=1S/C18H19FN4OS/c19-14-9-16(11-20-10-14)23-5-2-4-22(6-7-23)12-15-13-25-18(21-15)17-3-1-8-24-17/h1,3,8-11,13H,2,4-7,12H2. The molecule has 0 amide bonds. The molecule has 0 aromatic carbocycles. The Balaban J connectivity index is 1.38. The van der Waals surface area contributed by atoms with Gasteiger partial charge >= 0.3 is 0 Å². The van der Waals surface area contributed by atoms with Gasteiger partial charge in [-0.1, -0.05) is 0 Å². The smallest absolute Gasteiger partial charge is 0.162 e. The summed E-state index contributed by atoms with van der Waals surface area (Å²) >= 11 is 1.61. The second kappa shape index (κ2) is 7.33. The maximum atomic E-state index is 13.4. The van der Waals surface area contributed by atoms with E-state index in [2.05, 4.69) is 25.1 Å². The average molecular weight is 358 g/mol. The second-order valence-electron chi connectivity index (χ2n) is 6.10. The molecule has 0 N–H and O–H groups in total. The van der Waals surface area contributed by atoms with E-state index in [1.54, 1.807) is 29.9 Å². The monoisotopic (exact) mass is 358 g/mol. The van der Waals surface area contributed by atoms with E-state index in [0.29, 0.717) is 0 Å². The first-order valence-corrected chi connectivity index (χ1v) is 9.22. The van der Waals surface area contributed by atoms with Crippen molar-refractivity contribution in [3.63, 3.8) is 0 Å². The first-order chi connectivity index (χ1) is 12.3. The van der Waals surface area contributed by atoms with Crippen molar-refractivity contribution in [1.29, 1.82) is 0 Å². The van der Waals surface area contributed by atoms with Gasteiger partial charge in [-0.15, -0.1) is 11.3 Å². The van der Waals surface area contributed by atoms with E-state index in [9.17, 15) is 4.39 Å². The van der Waals surface area contributed by atoms with Crippen molar-refractivity contribution in [2.24, 2.45) is 0 Å². The van der Waals surface area contributed by atoms with Gasteiger partial charge in [-0.05, 0) is 18.6 Å². The van der Waals surface area contributed by atoms with Crippen LogP contribution in [0.1, 0.15) is 12.1 Å². The molecule has 25 heavy (non-hydrogen) atoms. The maximum Gasteiger partial charge on any atom is 0.162 e. The number of hydrogen-bond acceptors (Lipinski definition) is 6. The van der Waals surface area contributed by atoms with E-state index >= 15 is 0 Å². The number of thiazole rings is 1. The van der Waals surface area contributed by atoms with Crippen molar-refractivity contribution < 1.29 is 8.81 Å². The molecule has 4 rings (SSSR count). The lowest BCUT2D eigenvalue weighted by atomic mass is 10.3. The van der Waals surface area contributed by atoms with Crippen molar-refractivity contribution in [2.75, 3.05) is 31.1 Å². The predicted octanol–water partition coefficient (Wildman–Crippen LogP) is 3.65. The lowest BCUT2D eigenvalue weighted by Gasteiger charge is -2.23. The molecule has 130 valence electrons. The summed E-state index contributed by atoms with van der Waals surface area (Å²) < 4.78 is 18.8. The highest BCUT2D eigenvalue weighted by Gasteiger charge is 2.17. The quantitative estimate of drug-likeness (QED) is 0.712. The van der Waals surface area contributed by atoms with Gasteiger partial charge < -0.3 is 9.32 Å². The fraction of sp³-hybridized carbons (Fsp3) is 0.333. The molecular weight excluding hydrogens is 339 g/mol. The third-order valence-electron chi connectivity index (χ3n) is 4.31. The van der Waals surface area contributed by atoms with Crippen LogP contribution in [-0.4, -0.2) is 41.0 Å². The molecule has 5 nitrogen and oxygen atoms in total. The number of anilines is 1. The van der Waals surface area contributed by atoms with Crippen molar-refractivity contribution in [1.82, 2.24) is 14.9 Å². The van der Waals surface area contributed by atoms with Crippen LogP contribution >= 0.6 is 11.3 Å². The number of pyridine rings is 1. The number of rotatable bonds is 4. The molecule has 0 saturated carbocycles. The SMILES string of the molecule is Fc1cncc(N2CCCN(Cc3csc(-c4ccco4)n3)CC2)c1. The van der Waals surface area contributed by atoms with Crippen LogP contribution in [0.3, 0.4) is 0 Å². The summed E-state index contributed by atoms with van der Waals surface area (Å²) in [5.41, 5.74) is 1.92. The topological polar surface area (TPSA) is 45.4 Å². The van der Waals surface area contributed by atoms with Crippen molar-refractivity contribution >= 4 is 17.0 Å². The minimum absolute atomic E-state index is 0.286. The van der Waals surface area contributed by atoms with Gasteiger partial charge in [0.05, 0.1) is 30.0 Å². The lowest BCUT2D eigenvalue weighted by molar-refractivity contribution is 0.282. The van der Waals surface area contributed by atoms with Crippen molar-refractivity contribution in [3.05, 3.63) is 53.7 Å². The van der Waals surface area contributed by atoms with E-state index in [4.69, 9.17) is 4.42 Å². The zero-order chi connectivity index (χ0) is 17.1. The summed E-state index contributed by atoms with van der Waals surface area (Å²) in [5.74, 6) is 0.531. The average Bonchev–Trinajstić information content (AvgIpc) is 3.24. The Hall–Kier alpha value is -2.25. The Morgan fingerprint density at radius 1 is 1.20 bits per heavy atom. The molecule has 0 radical (unpaired) electrons. The number of aromatic nitrogens is 2. The van der Waals surface area contributed by atoms with Gasteiger partial charge in [0.25, 0.3) is 0 Å². The molecule has 0 bridgehead atoms. The van der Waals surface area contributed by atoms with Crippen molar-refractivity contribution in [3.8, 4) is 10.8 Å². The highest BCUT2D eigenvalue weighted by Crippen LogP contribution is 2.25. The first-order valence-electron chi connectivity index (χ1n) is 8.34. The van der Waals surface area contributed by atoms with Crippen LogP contribution in [0.5, 0.6) is 0 Å². The van der Waals surface area contributed by atoms with Gasteiger partial charge in [-0.2, -0.15) is 0 Å². The van der Waals surface area contributed by atoms with E-state index in [1.807, 2.05) is 12.1 Å². The zero-order valence-electron chi connectivity index (χ0n) is 13.8. The third-order valence-corrected chi connectivity index (χ3v) is 5.22. The number of halogens is 1. The Labute approximate surface area is 149 Å². The van der Waals surface area contributed by atoms with Crippen molar-refractivity contribution in [2.45, 2.75) is 13.0 Å². The molecule has 0 spiro atoms. The molecule has 1 aliphatic rings. The molecule has 3 aromatic heterocycles. The lowest BCUT2D eigenvalue weighted by Crippen LogP contribution is -2.30. The Morgan fingerprint density at radius 3 is 3.00 bits per heavy atom. The molecular formula is C18H19FN4OS. The van der Waals surface area contributed by atoms with Crippen LogP contribution in [-0.2, 0) is 6.54 Å². The minimum Gasteiger partial charge on any atom is -0.462 e. The molecule has 1 aliphatic heterocycles. The van der Waals surface area contributed by atoms with Gasteiger partial charge in [0.15, 0.2) is 10.8 Å². The maximum absolute atomic E-state index is 13.4. The number of nitrogens with zero attached hydrogens (tertiary/aromatic N) is 4. The summed E-state index contributed by atoms with van der Waals surface area (Å²) in [6, 6.07) is 5.36. The highest BCUT2D eigenvalue weighted by molar-refractivity contribution is 7.13. The van der Waals surface area contributed by atoms with Gasteiger partial charge in [0.2, 0.25) is 0 Å². The summed E-state index contributed by atoms with van der Waals surface area (Å²) in [6.45, 7) is 4.53. The van der Waals surface area contributed by atoms with Gasteiger partial charge in [0, 0.05) is 44.2 Å². The third kappa shape index (κ3) is 3.88. The molecule has 0 atom stereocenters. The number of hydrogen-bond donors (Lipinski definition) is 0. The molecule has 7 heteroatoms. The van der Waals surface area contributed by atoms with Crippen LogP contribution in [0.2, 0.25) is 0 Å². The van der Waals surface area contributed by atoms with Gasteiger partial charge in [0.1, 0.15) is 5.82 Å². The zero-order valence-corrected chi connectivity index (χ0v) is 14.6. The van der Waals surface area contributed by atoms with E-state index in [1.165, 1.54) is 6.20 Å².